The maximum absolute atomic E-state index is 12.1. The number of carbonyl (C=O) groups excluding carboxylic acids is 2. The Morgan fingerprint density at radius 2 is 1.78 bits per heavy atom. The highest BCUT2D eigenvalue weighted by Gasteiger charge is 2.18. The molecule has 0 fully saturated rings. The van der Waals surface area contributed by atoms with Gasteiger partial charge in [0.25, 0.3) is 17.5 Å². The highest BCUT2D eigenvalue weighted by Crippen LogP contribution is 2.22. The van der Waals surface area contributed by atoms with Crippen molar-refractivity contribution in [2.45, 2.75) is 33.8 Å². The lowest BCUT2D eigenvalue weighted by atomic mass is 10.1. The van der Waals surface area contributed by atoms with Crippen LogP contribution in [0.3, 0.4) is 0 Å². The minimum Gasteiger partial charge on any atom is -0.481 e. The topological polar surface area (TPSA) is 111 Å². The molecule has 2 N–H and O–H groups in total. The van der Waals surface area contributed by atoms with Gasteiger partial charge in [-0.2, -0.15) is 0 Å². The molecule has 0 saturated heterocycles. The van der Waals surface area contributed by atoms with Crippen LogP contribution in [0.5, 0.6) is 5.75 Å². The molecule has 8 nitrogen and oxygen atoms in total. The summed E-state index contributed by atoms with van der Waals surface area (Å²) in [5.74, 6) is -0.516. The molecule has 142 valence electrons. The van der Waals surface area contributed by atoms with Crippen LogP contribution in [-0.2, 0) is 4.79 Å². The van der Waals surface area contributed by atoms with Crippen LogP contribution < -0.4 is 15.6 Å². The van der Waals surface area contributed by atoms with Crippen molar-refractivity contribution in [1.29, 1.82) is 0 Å². The summed E-state index contributed by atoms with van der Waals surface area (Å²) in [6, 6.07) is 9.50. The zero-order valence-corrected chi connectivity index (χ0v) is 15.5. The number of aryl methyl sites for hydroxylation is 2. The van der Waals surface area contributed by atoms with Crippen molar-refractivity contribution in [2.24, 2.45) is 0 Å². The predicted molar refractivity (Wildman–Crippen MR) is 99.4 cm³/mol. The van der Waals surface area contributed by atoms with Gasteiger partial charge in [0, 0.05) is 17.2 Å². The minimum atomic E-state index is -0.829. The number of hydrogen-bond acceptors (Lipinski definition) is 5. The first-order valence-corrected chi connectivity index (χ1v) is 8.28. The van der Waals surface area contributed by atoms with Crippen molar-refractivity contribution in [1.82, 2.24) is 10.9 Å². The summed E-state index contributed by atoms with van der Waals surface area (Å²) in [5.41, 5.74) is 7.02. The molecule has 8 heteroatoms. The minimum absolute atomic E-state index is 0.0777. The van der Waals surface area contributed by atoms with E-state index < -0.39 is 22.8 Å². The van der Waals surface area contributed by atoms with E-state index in [1.54, 1.807) is 13.0 Å². The Bertz CT molecular complexity index is 895. The molecule has 0 bridgehead atoms. The number of nitrogens with one attached hydrogen (secondary N) is 2. The van der Waals surface area contributed by atoms with Gasteiger partial charge < -0.3 is 4.74 Å². The van der Waals surface area contributed by atoms with E-state index in [9.17, 15) is 19.7 Å². The number of rotatable bonds is 5. The van der Waals surface area contributed by atoms with E-state index in [1.165, 1.54) is 25.1 Å². The normalized spacial score (nSPS) is 11.4. The summed E-state index contributed by atoms with van der Waals surface area (Å²) < 4.78 is 5.65. The van der Waals surface area contributed by atoms with E-state index in [-0.39, 0.29) is 11.3 Å². The van der Waals surface area contributed by atoms with Gasteiger partial charge >= 0.3 is 0 Å². The average molecular weight is 371 g/mol. The average Bonchev–Trinajstić information content (AvgIpc) is 2.62. The van der Waals surface area contributed by atoms with Gasteiger partial charge in [-0.1, -0.05) is 12.1 Å². The van der Waals surface area contributed by atoms with Crippen molar-refractivity contribution in [3.8, 4) is 5.75 Å². The molecule has 0 unspecified atom stereocenters. The lowest BCUT2D eigenvalue weighted by Crippen LogP contribution is -2.47. The van der Waals surface area contributed by atoms with Crippen molar-refractivity contribution >= 4 is 17.5 Å². The molecule has 0 aliphatic heterocycles. The Morgan fingerprint density at radius 3 is 2.41 bits per heavy atom. The molecule has 0 radical (unpaired) electrons. The lowest BCUT2D eigenvalue weighted by molar-refractivity contribution is -0.385. The number of hydrogen-bond donors (Lipinski definition) is 2. The number of benzene rings is 2. The third-order valence-corrected chi connectivity index (χ3v) is 4.18. The van der Waals surface area contributed by atoms with Crippen molar-refractivity contribution < 1.29 is 19.2 Å². The summed E-state index contributed by atoms with van der Waals surface area (Å²) in [7, 11) is 0. The van der Waals surface area contributed by atoms with Gasteiger partial charge in [-0.25, -0.2) is 0 Å². The van der Waals surface area contributed by atoms with E-state index in [4.69, 9.17) is 4.74 Å². The Hall–Kier alpha value is -3.42. The molecule has 0 saturated carbocycles. The highest BCUT2D eigenvalue weighted by atomic mass is 16.6. The van der Waals surface area contributed by atoms with E-state index in [2.05, 4.69) is 10.9 Å². The molecule has 2 amide bonds. The fourth-order valence-electron chi connectivity index (χ4n) is 2.39. The fourth-order valence-corrected chi connectivity index (χ4v) is 2.39. The van der Waals surface area contributed by atoms with Gasteiger partial charge in [0.2, 0.25) is 0 Å². The number of nitro benzene ring substituents is 1. The zero-order valence-electron chi connectivity index (χ0n) is 15.5. The first-order valence-electron chi connectivity index (χ1n) is 8.28. The molecule has 2 aromatic carbocycles. The van der Waals surface area contributed by atoms with Gasteiger partial charge in [0.05, 0.1) is 4.92 Å². The van der Waals surface area contributed by atoms with Crippen LogP contribution in [-0.4, -0.2) is 22.8 Å². The van der Waals surface area contributed by atoms with Crippen molar-refractivity contribution in [2.75, 3.05) is 0 Å². The lowest BCUT2D eigenvalue weighted by Gasteiger charge is -2.17. The smallest absolute Gasteiger partial charge is 0.279 e. The third kappa shape index (κ3) is 4.81. The maximum Gasteiger partial charge on any atom is 0.279 e. The molecular formula is C19H21N3O5. The number of nitrogens with zero attached hydrogens (tertiary/aromatic N) is 1. The molecule has 1 atom stereocenters. The van der Waals surface area contributed by atoms with E-state index in [0.717, 1.165) is 11.1 Å². The molecule has 0 aromatic heterocycles. The molecule has 2 rings (SSSR count). The second-order valence-corrected chi connectivity index (χ2v) is 6.16. The monoisotopic (exact) mass is 371 g/mol. The SMILES string of the molecule is Cc1cc(C(=O)NNC(=O)[C@H](C)Oc2cccc(C)c2C)ccc1[N+](=O)[O-]. The molecule has 2 aromatic rings. The molecular weight excluding hydrogens is 350 g/mol. The number of carbonyl (C=O) groups is 2. The van der Waals surface area contributed by atoms with E-state index in [0.29, 0.717) is 11.3 Å². The van der Waals surface area contributed by atoms with Crippen molar-refractivity contribution in [3.05, 3.63) is 68.8 Å². The Labute approximate surface area is 156 Å². The van der Waals surface area contributed by atoms with Crippen LogP contribution in [0.2, 0.25) is 0 Å². The first kappa shape index (κ1) is 19.9. The van der Waals surface area contributed by atoms with Crippen molar-refractivity contribution in [3.63, 3.8) is 0 Å². The number of hydrazine groups is 1. The van der Waals surface area contributed by atoms with Crippen LogP contribution in [0.25, 0.3) is 0 Å². The van der Waals surface area contributed by atoms with Gasteiger partial charge in [-0.05, 0) is 57.0 Å². The zero-order chi connectivity index (χ0) is 20.1. The fraction of sp³-hybridized carbons (Fsp3) is 0.263. The van der Waals surface area contributed by atoms with Crippen LogP contribution in [0, 0.1) is 30.9 Å². The first-order chi connectivity index (χ1) is 12.7. The number of ether oxygens (including phenoxy) is 1. The molecule has 0 heterocycles. The second-order valence-electron chi connectivity index (χ2n) is 6.16. The van der Waals surface area contributed by atoms with Gasteiger partial charge in [0.1, 0.15) is 5.75 Å². The largest absolute Gasteiger partial charge is 0.481 e. The number of nitro groups is 1. The van der Waals surface area contributed by atoms with Crippen LogP contribution in [0.15, 0.2) is 36.4 Å². The summed E-state index contributed by atoms with van der Waals surface area (Å²) in [6.07, 6.45) is -0.829. The number of amides is 2. The quantitative estimate of drug-likeness (QED) is 0.620. The van der Waals surface area contributed by atoms with E-state index >= 15 is 0 Å². The molecule has 0 aliphatic rings. The molecule has 27 heavy (non-hydrogen) atoms. The summed E-state index contributed by atoms with van der Waals surface area (Å²) in [4.78, 5) is 34.6. The van der Waals surface area contributed by atoms with Gasteiger partial charge in [0.15, 0.2) is 6.10 Å². The van der Waals surface area contributed by atoms with Crippen LogP contribution >= 0.6 is 0 Å². The summed E-state index contributed by atoms with van der Waals surface area (Å²) >= 11 is 0. The third-order valence-electron chi connectivity index (χ3n) is 4.18. The van der Waals surface area contributed by atoms with Crippen LogP contribution in [0.4, 0.5) is 5.69 Å². The van der Waals surface area contributed by atoms with E-state index in [1.807, 2.05) is 26.0 Å². The molecule has 0 spiro atoms. The Kier molecular flexibility index (Phi) is 6.12. The summed E-state index contributed by atoms with van der Waals surface area (Å²) in [6.45, 7) is 6.94. The van der Waals surface area contributed by atoms with Gasteiger partial charge in [-0.15, -0.1) is 0 Å². The summed E-state index contributed by atoms with van der Waals surface area (Å²) in [5, 5.41) is 10.8. The van der Waals surface area contributed by atoms with Crippen LogP contribution in [0.1, 0.15) is 34.0 Å². The molecule has 0 aliphatic carbocycles. The predicted octanol–water partition coefficient (Wildman–Crippen LogP) is 2.75. The second kappa shape index (κ2) is 8.31. The Balaban J connectivity index is 1.96. The highest BCUT2D eigenvalue weighted by molar-refractivity contribution is 5.96. The Morgan fingerprint density at radius 1 is 1.07 bits per heavy atom. The maximum atomic E-state index is 12.1. The van der Waals surface area contributed by atoms with Gasteiger partial charge in [-0.3, -0.25) is 30.6 Å². The standard InChI is InChI=1S/C19H21N3O5/c1-11-6-5-7-17(13(11)3)27-14(4)18(23)20-21-19(24)15-8-9-16(22(25)26)12(2)10-15/h5-10,14H,1-4H3,(H,20,23)(H,21,24)/t14-/m0/s1.